The molecule has 0 aliphatic heterocycles. The minimum atomic E-state index is -0.495. The maximum Gasteiger partial charge on any atom is 0.341 e. The number of benzene rings is 2. The molecule has 1 amide bonds. The zero-order valence-electron chi connectivity index (χ0n) is 16.0. The highest BCUT2D eigenvalue weighted by molar-refractivity contribution is 9.10. The van der Waals surface area contributed by atoms with Crippen LogP contribution in [0.2, 0.25) is 0 Å². The van der Waals surface area contributed by atoms with Crippen LogP contribution in [0, 0.1) is 0 Å². The van der Waals surface area contributed by atoms with Crippen molar-refractivity contribution in [2.45, 2.75) is 13.3 Å². The summed E-state index contributed by atoms with van der Waals surface area (Å²) in [5.74, 6) is -0.267. The normalized spacial score (nSPS) is 10.4. The molecule has 0 radical (unpaired) electrons. The van der Waals surface area contributed by atoms with Crippen LogP contribution in [0.15, 0.2) is 58.4 Å². The number of halogens is 1. The molecule has 0 bridgehead atoms. The van der Waals surface area contributed by atoms with Gasteiger partial charge in [0.1, 0.15) is 16.3 Å². The van der Waals surface area contributed by atoms with Gasteiger partial charge in [0, 0.05) is 15.4 Å². The first-order valence-electron chi connectivity index (χ1n) is 8.99. The third-order valence-electron chi connectivity index (χ3n) is 4.29. The zero-order chi connectivity index (χ0) is 20.8. The van der Waals surface area contributed by atoms with Gasteiger partial charge in [-0.3, -0.25) is 4.79 Å². The van der Waals surface area contributed by atoms with E-state index in [2.05, 4.69) is 28.2 Å². The van der Waals surface area contributed by atoms with Crippen molar-refractivity contribution >= 4 is 44.1 Å². The van der Waals surface area contributed by atoms with Crippen molar-refractivity contribution in [1.82, 2.24) is 0 Å². The van der Waals surface area contributed by atoms with Crippen molar-refractivity contribution in [3.8, 4) is 16.9 Å². The molecule has 29 heavy (non-hydrogen) atoms. The van der Waals surface area contributed by atoms with E-state index in [1.807, 2.05) is 41.8 Å². The summed E-state index contributed by atoms with van der Waals surface area (Å²) in [6.45, 7) is 1.92. The SMILES string of the molecule is CCc1ccc(-c2csc(NC(=O)COc3ccc(Br)cc3)c2C(=O)OC)cc1. The Labute approximate surface area is 181 Å². The van der Waals surface area contributed by atoms with Gasteiger partial charge in [0.05, 0.1) is 7.11 Å². The predicted octanol–water partition coefficient (Wildman–Crippen LogP) is 5.54. The number of thiophene rings is 1. The molecular weight excluding hydrogens is 454 g/mol. The number of rotatable bonds is 7. The van der Waals surface area contributed by atoms with Crippen LogP contribution in [0.4, 0.5) is 5.00 Å². The number of anilines is 1. The number of hydrogen-bond acceptors (Lipinski definition) is 5. The van der Waals surface area contributed by atoms with Crippen LogP contribution >= 0.6 is 27.3 Å². The highest BCUT2D eigenvalue weighted by Crippen LogP contribution is 2.36. The van der Waals surface area contributed by atoms with E-state index in [1.54, 1.807) is 12.1 Å². The molecule has 0 atom stereocenters. The Morgan fingerprint density at radius 2 is 1.76 bits per heavy atom. The molecule has 0 spiro atoms. The topological polar surface area (TPSA) is 64.6 Å². The molecular formula is C22H20BrNO4S. The smallest absolute Gasteiger partial charge is 0.341 e. The lowest BCUT2D eigenvalue weighted by molar-refractivity contribution is -0.118. The van der Waals surface area contributed by atoms with Gasteiger partial charge in [0.25, 0.3) is 5.91 Å². The number of ether oxygens (including phenoxy) is 2. The summed E-state index contributed by atoms with van der Waals surface area (Å²) in [6, 6.07) is 15.2. The molecule has 0 aliphatic rings. The van der Waals surface area contributed by atoms with Crippen LogP contribution in [-0.2, 0) is 16.0 Å². The first-order valence-corrected chi connectivity index (χ1v) is 10.7. The van der Waals surface area contributed by atoms with Gasteiger partial charge < -0.3 is 14.8 Å². The van der Waals surface area contributed by atoms with Gasteiger partial charge in [0.2, 0.25) is 0 Å². The fourth-order valence-corrected chi connectivity index (χ4v) is 3.97. The van der Waals surface area contributed by atoms with E-state index < -0.39 is 5.97 Å². The van der Waals surface area contributed by atoms with Crippen LogP contribution in [0.25, 0.3) is 11.1 Å². The summed E-state index contributed by atoms with van der Waals surface area (Å²) >= 11 is 4.63. The van der Waals surface area contributed by atoms with Gasteiger partial charge in [-0.05, 0) is 41.8 Å². The van der Waals surface area contributed by atoms with Gasteiger partial charge >= 0.3 is 5.97 Å². The highest BCUT2D eigenvalue weighted by Gasteiger charge is 2.22. The molecule has 2 aromatic carbocycles. The Bertz CT molecular complexity index is 997. The molecule has 1 N–H and O–H groups in total. The van der Waals surface area contributed by atoms with Gasteiger partial charge in [-0.2, -0.15) is 0 Å². The molecule has 0 unspecified atom stereocenters. The third kappa shape index (κ3) is 5.25. The number of hydrogen-bond donors (Lipinski definition) is 1. The molecule has 5 nitrogen and oxygen atoms in total. The minimum Gasteiger partial charge on any atom is -0.484 e. The summed E-state index contributed by atoms with van der Waals surface area (Å²) in [6.07, 6.45) is 0.938. The molecule has 0 saturated carbocycles. The molecule has 0 aliphatic carbocycles. The standard InChI is InChI=1S/C22H20BrNO4S/c1-3-14-4-6-15(7-5-14)18-13-29-21(20(18)22(26)27-2)24-19(25)12-28-17-10-8-16(23)9-11-17/h4-11,13H,3,12H2,1-2H3,(H,24,25). The van der Waals surface area contributed by atoms with E-state index in [0.717, 1.165) is 22.0 Å². The molecule has 1 aromatic heterocycles. The zero-order valence-corrected chi connectivity index (χ0v) is 18.4. The van der Waals surface area contributed by atoms with E-state index in [0.29, 0.717) is 16.3 Å². The van der Waals surface area contributed by atoms with Gasteiger partial charge in [-0.1, -0.05) is 47.1 Å². The van der Waals surface area contributed by atoms with E-state index in [1.165, 1.54) is 24.0 Å². The second kappa shape index (κ2) is 9.71. The van der Waals surface area contributed by atoms with E-state index in [-0.39, 0.29) is 12.5 Å². The quantitative estimate of drug-likeness (QED) is 0.457. The first kappa shape index (κ1) is 21.1. The second-order valence-electron chi connectivity index (χ2n) is 6.19. The highest BCUT2D eigenvalue weighted by atomic mass is 79.9. The number of nitrogens with one attached hydrogen (secondary N) is 1. The maximum atomic E-state index is 12.4. The fraction of sp³-hybridized carbons (Fsp3) is 0.182. The van der Waals surface area contributed by atoms with Gasteiger partial charge in [0.15, 0.2) is 6.61 Å². The lowest BCUT2D eigenvalue weighted by atomic mass is 10.0. The number of amides is 1. The number of carbonyl (C=O) groups excluding carboxylic acids is 2. The minimum absolute atomic E-state index is 0.166. The largest absolute Gasteiger partial charge is 0.484 e. The average molecular weight is 474 g/mol. The van der Waals surface area contributed by atoms with Gasteiger partial charge in [-0.25, -0.2) is 4.79 Å². The van der Waals surface area contributed by atoms with E-state index in [9.17, 15) is 9.59 Å². The summed E-state index contributed by atoms with van der Waals surface area (Å²) < 4.78 is 11.4. The molecule has 0 saturated heterocycles. The molecule has 7 heteroatoms. The summed E-state index contributed by atoms with van der Waals surface area (Å²) in [5.41, 5.74) is 3.18. The number of methoxy groups -OCH3 is 1. The second-order valence-corrected chi connectivity index (χ2v) is 7.98. The first-order chi connectivity index (χ1) is 14.0. The van der Waals surface area contributed by atoms with Crippen molar-refractivity contribution < 1.29 is 19.1 Å². The van der Waals surface area contributed by atoms with E-state index >= 15 is 0 Å². The van der Waals surface area contributed by atoms with Crippen LogP contribution in [0.1, 0.15) is 22.8 Å². The summed E-state index contributed by atoms with van der Waals surface area (Å²) in [7, 11) is 1.33. The number of carbonyl (C=O) groups is 2. The molecule has 1 heterocycles. The Balaban J connectivity index is 1.77. The predicted molar refractivity (Wildman–Crippen MR) is 119 cm³/mol. The lowest BCUT2D eigenvalue weighted by Crippen LogP contribution is -2.21. The molecule has 3 aromatic rings. The Kier molecular flexibility index (Phi) is 7.06. The molecule has 0 fully saturated rings. The number of aryl methyl sites for hydroxylation is 1. The van der Waals surface area contributed by atoms with Crippen LogP contribution in [0.5, 0.6) is 5.75 Å². The third-order valence-corrected chi connectivity index (χ3v) is 5.71. The average Bonchev–Trinajstić information content (AvgIpc) is 3.16. The van der Waals surface area contributed by atoms with Crippen molar-refractivity contribution in [2.75, 3.05) is 19.0 Å². The van der Waals surface area contributed by atoms with Crippen LogP contribution in [0.3, 0.4) is 0 Å². The van der Waals surface area contributed by atoms with Crippen molar-refractivity contribution in [3.05, 3.63) is 69.5 Å². The van der Waals surface area contributed by atoms with Crippen LogP contribution < -0.4 is 10.1 Å². The van der Waals surface area contributed by atoms with E-state index in [4.69, 9.17) is 9.47 Å². The Hall–Kier alpha value is -2.64. The summed E-state index contributed by atoms with van der Waals surface area (Å²) in [4.78, 5) is 24.8. The lowest BCUT2D eigenvalue weighted by Gasteiger charge is -2.09. The Morgan fingerprint density at radius 3 is 2.38 bits per heavy atom. The number of esters is 1. The van der Waals surface area contributed by atoms with Crippen LogP contribution in [-0.4, -0.2) is 25.6 Å². The Morgan fingerprint density at radius 1 is 1.07 bits per heavy atom. The monoisotopic (exact) mass is 473 g/mol. The van der Waals surface area contributed by atoms with Crippen molar-refractivity contribution in [2.24, 2.45) is 0 Å². The molecule has 150 valence electrons. The van der Waals surface area contributed by atoms with Gasteiger partial charge in [-0.15, -0.1) is 11.3 Å². The maximum absolute atomic E-state index is 12.4. The van der Waals surface area contributed by atoms with Crippen molar-refractivity contribution in [3.63, 3.8) is 0 Å². The van der Waals surface area contributed by atoms with Crippen molar-refractivity contribution in [1.29, 1.82) is 0 Å². The summed E-state index contributed by atoms with van der Waals surface area (Å²) in [5, 5.41) is 5.05. The molecule has 3 rings (SSSR count). The fourth-order valence-electron chi connectivity index (χ4n) is 2.73.